The van der Waals surface area contributed by atoms with Crippen LogP contribution in [0.15, 0.2) is 47.5 Å². The standard InChI is InChI=1S/C13H18N2/c1-10(2)15-13(11(3)9-14)12-7-5-4-6-8-12/h4-8,13H,3,9,14H2,1-2H3. The molecule has 0 fully saturated rings. The highest BCUT2D eigenvalue weighted by molar-refractivity contribution is 5.79. The fraction of sp³-hybridized carbons (Fsp3) is 0.308. The summed E-state index contributed by atoms with van der Waals surface area (Å²) in [5.74, 6) is 0. The Morgan fingerprint density at radius 2 is 1.93 bits per heavy atom. The lowest BCUT2D eigenvalue weighted by atomic mass is 10.0. The Morgan fingerprint density at radius 3 is 2.40 bits per heavy atom. The number of hydrogen-bond acceptors (Lipinski definition) is 2. The second-order valence-corrected chi connectivity index (χ2v) is 3.75. The summed E-state index contributed by atoms with van der Waals surface area (Å²) < 4.78 is 0. The van der Waals surface area contributed by atoms with Gasteiger partial charge in [-0.05, 0) is 25.0 Å². The summed E-state index contributed by atoms with van der Waals surface area (Å²) in [6.07, 6.45) is 0. The lowest BCUT2D eigenvalue weighted by Gasteiger charge is -2.15. The molecule has 0 saturated carbocycles. The van der Waals surface area contributed by atoms with Gasteiger partial charge in [-0.2, -0.15) is 0 Å². The molecule has 0 saturated heterocycles. The van der Waals surface area contributed by atoms with E-state index in [1.165, 1.54) is 0 Å². The second kappa shape index (κ2) is 5.47. The molecule has 1 aromatic rings. The Hall–Kier alpha value is -1.41. The zero-order valence-corrected chi connectivity index (χ0v) is 9.40. The Balaban J connectivity index is 3.02. The first-order valence-electron chi connectivity index (χ1n) is 5.09. The number of rotatable bonds is 4. The highest BCUT2D eigenvalue weighted by Gasteiger charge is 2.11. The molecule has 0 aromatic heterocycles. The normalized spacial score (nSPS) is 11.9. The van der Waals surface area contributed by atoms with Crippen molar-refractivity contribution in [3.05, 3.63) is 48.0 Å². The van der Waals surface area contributed by atoms with Crippen molar-refractivity contribution in [3.8, 4) is 0 Å². The fourth-order valence-corrected chi connectivity index (χ4v) is 1.41. The van der Waals surface area contributed by atoms with Gasteiger partial charge >= 0.3 is 0 Å². The first-order valence-corrected chi connectivity index (χ1v) is 5.09. The zero-order chi connectivity index (χ0) is 11.3. The van der Waals surface area contributed by atoms with Crippen LogP contribution in [0.25, 0.3) is 0 Å². The molecule has 0 heterocycles. The van der Waals surface area contributed by atoms with Gasteiger partial charge in [0.2, 0.25) is 0 Å². The summed E-state index contributed by atoms with van der Waals surface area (Å²) >= 11 is 0. The van der Waals surface area contributed by atoms with Gasteiger partial charge in [0.1, 0.15) is 0 Å². The maximum Gasteiger partial charge on any atom is 0.0968 e. The molecule has 15 heavy (non-hydrogen) atoms. The van der Waals surface area contributed by atoms with Crippen molar-refractivity contribution in [1.29, 1.82) is 0 Å². The summed E-state index contributed by atoms with van der Waals surface area (Å²) in [7, 11) is 0. The minimum atomic E-state index is 0.00111. The van der Waals surface area contributed by atoms with E-state index in [-0.39, 0.29) is 6.04 Å². The molecular weight excluding hydrogens is 184 g/mol. The number of nitrogens with zero attached hydrogens (tertiary/aromatic N) is 1. The van der Waals surface area contributed by atoms with Gasteiger partial charge in [-0.3, -0.25) is 4.99 Å². The molecule has 0 radical (unpaired) electrons. The fourth-order valence-electron chi connectivity index (χ4n) is 1.41. The average molecular weight is 202 g/mol. The van der Waals surface area contributed by atoms with Crippen LogP contribution in [-0.2, 0) is 0 Å². The van der Waals surface area contributed by atoms with E-state index < -0.39 is 0 Å². The summed E-state index contributed by atoms with van der Waals surface area (Å²) in [6, 6.07) is 10.1. The lowest BCUT2D eigenvalue weighted by molar-refractivity contribution is 0.821. The Labute approximate surface area is 91.5 Å². The number of aliphatic imine (C=N–C) groups is 1. The summed E-state index contributed by atoms with van der Waals surface area (Å²) in [6.45, 7) is 8.41. The zero-order valence-electron chi connectivity index (χ0n) is 9.40. The number of benzene rings is 1. The van der Waals surface area contributed by atoms with Crippen LogP contribution in [0.1, 0.15) is 25.5 Å². The maximum atomic E-state index is 5.62. The number of nitrogens with two attached hydrogens (primary N) is 1. The molecule has 0 amide bonds. The van der Waals surface area contributed by atoms with Crippen molar-refractivity contribution in [2.24, 2.45) is 10.7 Å². The molecule has 1 aromatic carbocycles. The third-order valence-corrected chi connectivity index (χ3v) is 2.15. The maximum absolute atomic E-state index is 5.62. The van der Waals surface area contributed by atoms with E-state index in [0.717, 1.165) is 16.8 Å². The van der Waals surface area contributed by atoms with Crippen LogP contribution in [0.3, 0.4) is 0 Å². The van der Waals surface area contributed by atoms with Gasteiger partial charge in [-0.25, -0.2) is 0 Å². The van der Waals surface area contributed by atoms with E-state index in [9.17, 15) is 0 Å². The van der Waals surface area contributed by atoms with Crippen molar-refractivity contribution < 1.29 is 0 Å². The molecule has 2 N–H and O–H groups in total. The summed E-state index contributed by atoms with van der Waals surface area (Å²) in [5, 5.41) is 0. The Bertz CT molecular complexity index is 348. The lowest BCUT2D eigenvalue weighted by Crippen LogP contribution is -2.10. The first kappa shape index (κ1) is 11.7. The van der Waals surface area contributed by atoms with Gasteiger partial charge in [0, 0.05) is 12.3 Å². The molecule has 1 atom stereocenters. The van der Waals surface area contributed by atoms with Gasteiger partial charge in [-0.15, -0.1) is 0 Å². The van der Waals surface area contributed by atoms with Gasteiger partial charge in [0.05, 0.1) is 6.04 Å². The molecule has 0 aliphatic carbocycles. The smallest absolute Gasteiger partial charge is 0.0968 e. The van der Waals surface area contributed by atoms with E-state index in [1.807, 2.05) is 32.0 Å². The van der Waals surface area contributed by atoms with E-state index in [4.69, 9.17) is 5.73 Å². The van der Waals surface area contributed by atoms with Crippen LogP contribution in [0.2, 0.25) is 0 Å². The topological polar surface area (TPSA) is 38.4 Å². The molecule has 1 unspecified atom stereocenters. The van der Waals surface area contributed by atoms with E-state index in [0.29, 0.717) is 6.54 Å². The molecule has 0 bridgehead atoms. The van der Waals surface area contributed by atoms with Crippen molar-refractivity contribution in [2.75, 3.05) is 6.54 Å². The molecule has 80 valence electrons. The van der Waals surface area contributed by atoms with Crippen molar-refractivity contribution in [3.63, 3.8) is 0 Å². The quantitative estimate of drug-likeness (QED) is 0.591. The average Bonchev–Trinajstić information content (AvgIpc) is 2.26. The third-order valence-electron chi connectivity index (χ3n) is 2.15. The largest absolute Gasteiger partial charge is 0.327 e. The van der Waals surface area contributed by atoms with Gasteiger partial charge in [-0.1, -0.05) is 36.9 Å². The second-order valence-electron chi connectivity index (χ2n) is 3.75. The Morgan fingerprint density at radius 1 is 1.33 bits per heavy atom. The van der Waals surface area contributed by atoms with Crippen molar-refractivity contribution in [1.82, 2.24) is 0 Å². The Kier molecular flexibility index (Phi) is 4.25. The first-order chi connectivity index (χ1) is 7.15. The highest BCUT2D eigenvalue weighted by Crippen LogP contribution is 2.24. The van der Waals surface area contributed by atoms with Crippen LogP contribution in [0, 0.1) is 0 Å². The molecular formula is C13H18N2. The van der Waals surface area contributed by atoms with Crippen LogP contribution in [0.5, 0.6) is 0 Å². The highest BCUT2D eigenvalue weighted by atomic mass is 14.8. The minimum Gasteiger partial charge on any atom is -0.327 e. The van der Waals surface area contributed by atoms with Gasteiger partial charge in [0.15, 0.2) is 0 Å². The molecule has 0 aliphatic rings. The van der Waals surface area contributed by atoms with Crippen LogP contribution < -0.4 is 5.73 Å². The summed E-state index contributed by atoms with van der Waals surface area (Å²) in [4.78, 5) is 4.56. The van der Waals surface area contributed by atoms with Crippen LogP contribution in [-0.4, -0.2) is 12.3 Å². The SMILES string of the molecule is C=C(CN)C(N=C(C)C)c1ccccc1. The summed E-state index contributed by atoms with van der Waals surface area (Å²) in [5.41, 5.74) is 8.75. The minimum absolute atomic E-state index is 0.00111. The van der Waals surface area contributed by atoms with Gasteiger partial charge in [0.25, 0.3) is 0 Å². The predicted molar refractivity (Wildman–Crippen MR) is 66.2 cm³/mol. The molecule has 1 rings (SSSR count). The number of hydrogen-bond donors (Lipinski definition) is 1. The van der Waals surface area contributed by atoms with Crippen molar-refractivity contribution >= 4 is 5.71 Å². The monoisotopic (exact) mass is 202 g/mol. The molecule has 0 aliphatic heterocycles. The van der Waals surface area contributed by atoms with Crippen LogP contribution >= 0.6 is 0 Å². The van der Waals surface area contributed by atoms with E-state index in [1.54, 1.807) is 0 Å². The molecule has 2 heteroatoms. The van der Waals surface area contributed by atoms with Gasteiger partial charge < -0.3 is 5.73 Å². The van der Waals surface area contributed by atoms with E-state index >= 15 is 0 Å². The predicted octanol–water partition coefficient (Wildman–Crippen LogP) is 2.72. The third kappa shape index (κ3) is 3.33. The molecule has 2 nitrogen and oxygen atoms in total. The molecule has 0 spiro atoms. The van der Waals surface area contributed by atoms with Crippen LogP contribution in [0.4, 0.5) is 0 Å². The van der Waals surface area contributed by atoms with E-state index in [2.05, 4.69) is 23.7 Å². The van der Waals surface area contributed by atoms with Crippen molar-refractivity contribution in [2.45, 2.75) is 19.9 Å².